The average Bonchev–Trinajstić information content (AvgIpc) is 3.16. The minimum atomic E-state index is -1.27. The fraction of sp³-hybridized carbons (Fsp3) is 0.333. The van der Waals surface area contributed by atoms with Crippen LogP contribution in [0.15, 0.2) is 35.0 Å². The van der Waals surface area contributed by atoms with Gasteiger partial charge in [-0.1, -0.05) is 45.3 Å². The molecule has 0 fully saturated rings. The van der Waals surface area contributed by atoms with Gasteiger partial charge in [0.1, 0.15) is 0 Å². The Hall–Kier alpha value is -0.466. The number of hydrogen-bond donors (Lipinski definition) is 0. The van der Waals surface area contributed by atoms with Gasteiger partial charge < -0.3 is 0 Å². The second kappa shape index (κ2) is 6.11. The molecule has 3 rings (SSSR count). The van der Waals surface area contributed by atoms with Gasteiger partial charge in [-0.25, -0.2) is 0 Å². The molecule has 3 aromatic heterocycles. The van der Waals surface area contributed by atoms with E-state index in [1.54, 1.807) is 10.4 Å². The van der Waals surface area contributed by atoms with Crippen LogP contribution in [0.2, 0.25) is 39.3 Å². The molecule has 0 aromatic carbocycles. The summed E-state index contributed by atoms with van der Waals surface area (Å²) in [4.78, 5) is 5.80. The SMILES string of the molecule is C[Si](C)(C)c1csc(-c2ccc(-c3sccc3[Si](C)(C)C)s2)c1. The molecule has 0 aliphatic carbocycles. The summed E-state index contributed by atoms with van der Waals surface area (Å²) in [6.45, 7) is 14.6. The van der Waals surface area contributed by atoms with Crippen LogP contribution < -0.4 is 10.4 Å². The molecule has 0 unspecified atom stereocenters. The maximum absolute atomic E-state index is 2.44. The highest BCUT2D eigenvalue weighted by Gasteiger charge is 2.23. The molecule has 122 valence electrons. The summed E-state index contributed by atoms with van der Waals surface area (Å²) in [5.41, 5.74) is 0. The first-order valence-electron chi connectivity index (χ1n) is 7.94. The summed E-state index contributed by atoms with van der Waals surface area (Å²) in [7, 11) is -2.48. The van der Waals surface area contributed by atoms with Crippen molar-refractivity contribution in [2.75, 3.05) is 0 Å². The van der Waals surface area contributed by atoms with E-state index >= 15 is 0 Å². The van der Waals surface area contributed by atoms with Crippen LogP contribution in [0, 0.1) is 0 Å². The lowest BCUT2D eigenvalue weighted by molar-refractivity contribution is 1.76. The van der Waals surface area contributed by atoms with E-state index in [2.05, 4.69) is 74.3 Å². The smallest absolute Gasteiger partial charge is 0.0795 e. The zero-order valence-corrected chi connectivity index (χ0v) is 19.1. The topological polar surface area (TPSA) is 0 Å². The van der Waals surface area contributed by atoms with E-state index < -0.39 is 16.1 Å². The molecule has 0 saturated heterocycles. The van der Waals surface area contributed by atoms with Gasteiger partial charge in [-0.05, 0) is 39.3 Å². The molecule has 0 amide bonds. The molecule has 0 radical (unpaired) electrons. The second-order valence-corrected chi connectivity index (χ2v) is 21.1. The minimum Gasteiger partial charge on any atom is -0.143 e. The third-order valence-electron chi connectivity index (χ3n) is 4.01. The average molecular weight is 393 g/mol. The van der Waals surface area contributed by atoms with Gasteiger partial charge in [-0.2, -0.15) is 0 Å². The Morgan fingerprint density at radius 2 is 1.43 bits per heavy atom. The van der Waals surface area contributed by atoms with Crippen LogP contribution in [0.25, 0.3) is 19.5 Å². The zero-order chi connectivity index (χ0) is 16.8. The number of rotatable bonds is 4. The van der Waals surface area contributed by atoms with E-state index in [9.17, 15) is 0 Å². The molecular weight excluding hydrogens is 369 g/mol. The van der Waals surface area contributed by atoms with Gasteiger partial charge in [0, 0.05) is 19.5 Å². The molecule has 3 aromatic rings. The highest BCUT2D eigenvalue weighted by Crippen LogP contribution is 2.38. The van der Waals surface area contributed by atoms with Gasteiger partial charge >= 0.3 is 0 Å². The van der Waals surface area contributed by atoms with Gasteiger partial charge in [0.2, 0.25) is 0 Å². The molecule has 3 heterocycles. The predicted octanol–water partition coefficient (Wildman–Crippen LogP) is 6.30. The summed E-state index contributed by atoms with van der Waals surface area (Å²) >= 11 is 5.77. The molecule has 0 N–H and O–H groups in total. The van der Waals surface area contributed by atoms with Crippen molar-refractivity contribution in [2.24, 2.45) is 0 Å². The van der Waals surface area contributed by atoms with Crippen molar-refractivity contribution in [2.45, 2.75) is 39.3 Å². The molecule has 0 bridgehead atoms. The summed E-state index contributed by atoms with van der Waals surface area (Å²) in [5, 5.41) is 7.81. The molecule has 0 aliphatic heterocycles. The van der Waals surface area contributed by atoms with Crippen LogP contribution in [-0.4, -0.2) is 16.1 Å². The van der Waals surface area contributed by atoms with Crippen LogP contribution in [0.5, 0.6) is 0 Å². The van der Waals surface area contributed by atoms with Gasteiger partial charge in [0.15, 0.2) is 0 Å². The second-order valence-electron chi connectivity index (χ2n) is 8.03. The summed E-state index contributed by atoms with van der Waals surface area (Å²) in [6, 6.07) is 9.41. The number of thiophene rings is 3. The molecule has 0 nitrogen and oxygen atoms in total. The largest absolute Gasteiger partial charge is 0.143 e. The molecule has 0 spiro atoms. The normalized spacial score (nSPS) is 12.8. The van der Waals surface area contributed by atoms with E-state index in [1.165, 1.54) is 19.5 Å². The maximum atomic E-state index is 2.44. The standard InChI is InChI=1S/C18H24S3Si2/c1-22(2,3)13-11-16(20-12-13)14-7-8-15(21-14)18-17(9-10-19-18)23(4,5)6/h7-12H,1-6H3. The molecule has 5 heteroatoms. The minimum absolute atomic E-state index is 1.20. The van der Waals surface area contributed by atoms with Crippen LogP contribution in [0.1, 0.15) is 0 Å². The Labute approximate surface area is 153 Å². The van der Waals surface area contributed by atoms with Gasteiger partial charge in [0.25, 0.3) is 0 Å². The Morgan fingerprint density at radius 3 is 2.04 bits per heavy atom. The quantitative estimate of drug-likeness (QED) is 0.457. The van der Waals surface area contributed by atoms with Crippen LogP contribution in [-0.2, 0) is 0 Å². The summed E-state index contributed by atoms with van der Waals surface area (Å²) in [6.07, 6.45) is 0. The van der Waals surface area contributed by atoms with Gasteiger partial charge in [-0.3, -0.25) is 0 Å². The Morgan fingerprint density at radius 1 is 0.739 bits per heavy atom. The summed E-state index contributed by atoms with van der Waals surface area (Å²) < 4.78 is 0. The first-order chi connectivity index (χ1) is 10.7. The highest BCUT2D eigenvalue weighted by molar-refractivity contribution is 7.27. The maximum Gasteiger partial charge on any atom is 0.0795 e. The Kier molecular flexibility index (Phi) is 4.62. The van der Waals surface area contributed by atoms with Crippen LogP contribution in [0.3, 0.4) is 0 Å². The van der Waals surface area contributed by atoms with Crippen molar-refractivity contribution in [3.63, 3.8) is 0 Å². The van der Waals surface area contributed by atoms with Gasteiger partial charge in [0.05, 0.1) is 16.1 Å². The van der Waals surface area contributed by atoms with Crippen molar-refractivity contribution >= 4 is 60.5 Å². The van der Waals surface area contributed by atoms with Crippen molar-refractivity contribution < 1.29 is 0 Å². The van der Waals surface area contributed by atoms with E-state index in [4.69, 9.17) is 0 Å². The summed E-state index contributed by atoms with van der Waals surface area (Å²) in [5.74, 6) is 0. The van der Waals surface area contributed by atoms with Crippen LogP contribution in [0.4, 0.5) is 0 Å². The monoisotopic (exact) mass is 392 g/mol. The molecule has 0 aliphatic rings. The Bertz CT molecular complexity index is 810. The lowest BCUT2D eigenvalue weighted by Gasteiger charge is -2.16. The Balaban J connectivity index is 1.96. The third-order valence-corrected chi connectivity index (χ3v) is 11.8. The zero-order valence-electron chi connectivity index (χ0n) is 14.7. The van der Waals surface area contributed by atoms with E-state index in [-0.39, 0.29) is 0 Å². The van der Waals surface area contributed by atoms with Crippen molar-refractivity contribution in [3.05, 3.63) is 35.0 Å². The van der Waals surface area contributed by atoms with Crippen LogP contribution >= 0.6 is 34.0 Å². The van der Waals surface area contributed by atoms with Crippen molar-refractivity contribution in [1.82, 2.24) is 0 Å². The molecular formula is C18H24S3Si2. The van der Waals surface area contributed by atoms with E-state index in [0.717, 1.165) is 0 Å². The predicted molar refractivity (Wildman–Crippen MR) is 117 cm³/mol. The molecule has 0 saturated carbocycles. The van der Waals surface area contributed by atoms with E-state index in [0.29, 0.717) is 0 Å². The van der Waals surface area contributed by atoms with E-state index in [1.807, 2.05) is 34.0 Å². The molecule has 0 atom stereocenters. The van der Waals surface area contributed by atoms with Crippen molar-refractivity contribution in [1.29, 1.82) is 0 Å². The fourth-order valence-corrected chi connectivity index (χ4v) is 10.4. The first-order valence-corrected chi connectivity index (χ1v) is 17.5. The molecule has 23 heavy (non-hydrogen) atoms. The first kappa shape index (κ1) is 17.4. The van der Waals surface area contributed by atoms with Crippen molar-refractivity contribution in [3.8, 4) is 19.5 Å². The number of hydrogen-bond acceptors (Lipinski definition) is 3. The fourth-order valence-electron chi connectivity index (χ4n) is 2.54. The highest BCUT2D eigenvalue weighted by atomic mass is 32.1. The lowest BCUT2D eigenvalue weighted by Crippen LogP contribution is -2.37. The lowest BCUT2D eigenvalue weighted by atomic mass is 10.3. The third kappa shape index (κ3) is 3.64. The van der Waals surface area contributed by atoms with Gasteiger partial charge in [-0.15, -0.1) is 34.0 Å².